The van der Waals surface area contributed by atoms with Gasteiger partial charge in [-0.25, -0.2) is 0 Å². The molecule has 4 rings (SSSR count). The number of amides is 1. The van der Waals surface area contributed by atoms with Crippen LogP contribution in [0.3, 0.4) is 0 Å². The topological polar surface area (TPSA) is 36.4 Å². The zero-order valence-electron chi connectivity index (χ0n) is 16.3. The smallest absolute Gasteiger partial charge is 0.222 e. The molecule has 2 aromatic heterocycles. The van der Waals surface area contributed by atoms with Crippen molar-refractivity contribution in [2.45, 2.75) is 19.4 Å². The Morgan fingerprint density at radius 1 is 1.03 bits per heavy atom. The third kappa shape index (κ3) is 5.53. The fourth-order valence-corrected chi connectivity index (χ4v) is 4.88. The maximum Gasteiger partial charge on any atom is 0.222 e. The SMILES string of the molecule is O=C(CCc1cccnc1)N1CCN(Cc2ccc(-c3ccc(Br)cc3)s2)CC1. The number of aryl methyl sites for hydroxylation is 1. The van der Waals surface area contributed by atoms with E-state index in [1.54, 1.807) is 6.20 Å². The molecule has 0 aliphatic carbocycles. The highest BCUT2D eigenvalue weighted by Crippen LogP contribution is 2.30. The molecule has 1 aliphatic rings. The van der Waals surface area contributed by atoms with E-state index in [1.807, 2.05) is 34.6 Å². The van der Waals surface area contributed by atoms with Gasteiger partial charge in [0.25, 0.3) is 0 Å². The molecule has 0 N–H and O–H groups in total. The molecule has 6 heteroatoms. The molecule has 1 saturated heterocycles. The Labute approximate surface area is 184 Å². The van der Waals surface area contributed by atoms with Gasteiger partial charge in [0.05, 0.1) is 0 Å². The van der Waals surface area contributed by atoms with Crippen molar-refractivity contribution < 1.29 is 4.79 Å². The third-order valence-corrected chi connectivity index (χ3v) is 6.89. The summed E-state index contributed by atoms with van der Waals surface area (Å²) in [5.41, 5.74) is 2.38. The van der Waals surface area contributed by atoms with Crippen molar-refractivity contribution in [1.82, 2.24) is 14.8 Å². The van der Waals surface area contributed by atoms with Crippen LogP contribution in [0.15, 0.2) is 65.4 Å². The lowest BCUT2D eigenvalue weighted by atomic mass is 10.1. The molecule has 1 amide bonds. The molecule has 0 bridgehead atoms. The van der Waals surface area contributed by atoms with E-state index in [0.29, 0.717) is 6.42 Å². The van der Waals surface area contributed by atoms with Gasteiger partial charge in [0.15, 0.2) is 0 Å². The van der Waals surface area contributed by atoms with Crippen molar-refractivity contribution in [3.63, 3.8) is 0 Å². The quantitative estimate of drug-likeness (QED) is 0.517. The van der Waals surface area contributed by atoms with E-state index in [4.69, 9.17) is 0 Å². The van der Waals surface area contributed by atoms with Gasteiger partial charge < -0.3 is 4.90 Å². The van der Waals surface area contributed by atoms with Gasteiger partial charge in [-0.2, -0.15) is 0 Å². The number of carbonyl (C=O) groups is 1. The maximum absolute atomic E-state index is 12.5. The number of hydrogen-bond donors (Lipinski definition) is 0. The first-order valence-corrected chi connectivity index (χ1v) is 11.5. The van der Waals surface area contributed by atoms with E-state index in [1.165, 1.54) is 15.3 Å². The minimum atomic E-state index is 0.252. The molecule has 0 unspecified atom stereocenters. The van der Waals surface area contributed by atoms with Crippen molar-refractivity contribution in [3.05, 3.63) is 75.8 Å². The monoisotopic (exact) mass is 469 g/mol. The second-order valence-electron chi connectivity index (χ2n) is 7.29. The molecule has 3 heterocycles. The number of halogens is 1. The summed E-state index contributed by atoms with van der Waals surface area (Å²) in [4.78, 5) is 23.8. The van der Waals surface area contributed by atoms with Crippen LogP contribution in [-0.4, -0.2) is 46.9 Å². The summed E-state index contributed by atoms with van der Waals surface area (Å²) < 4.78 is 1.10. The van der Waals surface area contributed by atoms with E-state index >= 15 is 0 Å². The standard InChI is InChI=1S/C23H24BrN3OS/c24-20-6-4-19(5-7-20)22-9-8-21(29-22)17-26-12-14-27(15-13-26)23(28)10-3-18-2-1-11-25-16-18/h1-2,4-9,11,16H,3,10,12-15,17H2. The van der Waals surface area contributed by atoms with Crippen LogP contribution in [0.1, 0.15) is 16.9 Å². The Kier molecular flexibility index (Phi) is 6.74. The summed E-state index contributed by atoms with van der Waals surface area (Å²) >= 11 is 5.35. The Hall–Kier alpha value is -2.02. The molecule has 0 spiro atoms. The summed E-state index contributed by atoms with van der Waals surface area (Å²) in [6.45, 7) is 4.46. The zero-order chi connectivity index (χ0) is 20.1. The van der Waals surface area contributed by atoms with Crippen LogP contribution in [0, 0.1) is 0 Å². The van der Waals surface area contributed by atoms with Crippen LogP contribution in [0.5, 0.6) is 0 Å². The minimum absolute atomic E-state index is 0.252. The molecule has 1 aliphatic heterocycles. The molecular formula is C23H24BrN3OS. The molecule has 4 nitrogen and oxygen atoms in total. The van der Waals surface area contributed by atoms with Crippen molar-refractivity contribution in [2.75, 3.05) is 26.2 Å². The van der Waals surface area contributed by atoms with Gasteiger partial charge in [0.2, 0.25) is 5.91 Å². The number of thiophene rings is 1. The van der Waals surface area contributed by atoms with Crippen LogP contribution < -0.4 is 0 Å². The van der Waals surface area contributed by atoms with Crippen LogP contribution in [0.4, 0.5) is 0 Å². The lowest BCUT2D eigenvalue weighted by molar-refractivity contribution is -0.132. The Bertz CT molecular complexity index is 934. The number of piperazine rings is 1. The first-order valence-electron chi connectivity index (χ1n) is 9.91. The van der Waals surface area contributed by atoms with Crippen LogP contribution >= 0.6 is 27.3 Å². The van der Waals surface area contributed by atoms with Gasteiger partial charge in [-0.3, -0.25) is 14.7 Å². The zero-order valence-corrected chi connectivity index (χ0v) is 18.7. The fourth-order valence-electron chi connectivity index (χ4n) is 3.56. The van der Waals surface area contributed by atoms with Gasteiger partial charge in [-0.05, 0) is 47.9 Å². The van der Waals surface area contributed by atoms with Gasteiger partial charge in [-0.1, -0.05) is 34.1 Å². The van der Waals surface area contributed by atoms with Gasteiger partial charge in [0, 0.05) is 65.8 Å². The summed E-state index contributed by atoms with van der Waals surface area (Å²) in [5, 5.41) is 0. The highest BCUT2D eigenvalue weighted by atomic mass is 79.9. The van der Waals surface area contributed by atoms with Crippen molar-refractivity contribution in [2.24, 2.45) is 0 Å². The van der Waals surface area contributed by atoms with Gasteiger partial charge in [-0.15, -0.1) is 11.3 Å². The van der Waals surface area contributed by atoms with E-state index in [9.17, 15) is 4.79 Å². The number of nitrogens with zero attached hydrogens (tertiary/aromatic N) is 3. The van der Waals surface area contributed by atoms with Crippen LogP contribution in [0.2, 0.25) is 0 Å². The lowest BCUT2D eigenvalue weighted by Gasteiger charge is -2.34. The van der Waals surface area contributed by atoms with Crippen LogP contribution in [-0.2, 0) is 17.8 Å². The van der Waals surface area contributed by atoms with E-state index in [0.717, 1.165) is 49.2 Å². The summed E-state index contributed by atoms with van der Waals surface area (Å²) in [5.74, 6) is 0.252. The van der Waals surface area contributed by atoms with Crippen LogP contribution in [0.25, 0.3) is 10.4 Å². The van der Waals surface area contributed by atoms with E-state index in [2.05, 4.69) is 62.2 Å². The van der Waals surface area contributed by atoms with Gasteiger partial charge in [0.1, 0.15) is 0 Å². The largest absolute Gasteiger partial charge is 0.340 e. The first-order chi connectivity index (χ1) is 14.2. The molecule has 29 heavy (non-hydrogen) atoms. The van der Waals surface area contributed by atoms with Crippen molar-refractivity contribution in [1.29, 1.82) is 0 Å². The maximum atomic E-state index is 12.5. The van der Waals surface area contributed by atoms with Gasteiger partial charge >= 0.3 is 0 Å². The average Bonchev–Trinajstić information content (AvgIpc) is 3.22. The minimum Gasteiger partial charge on any atom is -0.340 e. The normalized spacial score (nSPS) is 14.9. The Balaban J connectivity index is 1.25. The average molecular weight is 470 g/mol. The number of benzene rings is 1. The van der Waals surface area contributed by atoms with E-state index < -0.39 is 0 Å². The fraction of sp³-hybridized carbons (Fsp3) is 0.304. The summed E-state index contributed by atoms with van der Waals surface area (Å²) in [6, 6.07) is 16.9. The Morgan fingerprint density at radius 3 is 2.55 bits per heavy atom. The third-order valence-electron chi connectivity index (χ3n) is 5.25. The number of carbonyl (C=O) groups excluding carboxylic acids is 1. The summed E-state index contributed by atoms with van der Waals surface area (Å²) in [6.07, 6.45) is 4.93. The predicted octanol–water partition coefficient (Wildman–Crippen LogP) is 4.85. The molecule has 150 valence electrons. The number of aromatic nitrogens is 1. The first kappa shape index (κ1) is 20.3. The second kappa shape index (κ2) is 9.65. The molecule has 1 aromatic carbocycles. The second-order valence-corrected chi connectivity index (χ2v) is 9.38. The molecule has 1 fully saturated rings. The molecule has 0 saturated carbocycles. The molecule has 0 atom stereocenters. The van der Waals surface area contributed by atoms with Crippen molar-refractivity contribution in [3.8, 4) is 10.4 Å². The van der Waals surface area contributed by atoms with Crippen molar-refractivity contribution >= 4 is 33.2 Å². The predicted molar refractivity (Wildman–Crippen MR) is 122 cm³/mol. The highest BCUT2D eigenvalue weighted by Gasteiger charge is 2.21. The lowest BCUT2D eigenvalue weighted by Crippen LogP contribution is -2.48. The Morgan fingerprint density at radius 2 is 1.83 bits per heavy atom. The number of rotatable bonds is 6. The highest BCUT2D eigenvalue weighted by molar-refractivity contribution is 9.10. The summed E-state index contributed by atoms with van der Waals surface area (Å²) in [7, 11) is 0. The molecular weight excluding hydrogens is 446 g/mol. The van der Waals surface area contributed by atoms with E-state index in [-0.39, 0.29) is 5.91 Å². The number of pyridine rings is 1. The number of hydrogen-bond acceptors (Lipinski definition) is 4. The molecule has 0 radical (unpaired) electrons. The molecule has 3 aromatic rings.